The number of carboxylic acid groups (broad SMARTS) is 1. The Morgan fingerprint density at radius 1 is 1.26 bits per heavy atom. The molecule has 2 amide bonds. The number of hydrogen-bond acceptors (Lipinski definition) is 6. The van der Waals surface area contributed by atoms with Crippen molar-refractivity contribution in [3.63, 3.8) is 0 Å². The van der Waals surface area contributed by atoms with E-state index >= 15 is 0 Å². The smallest absolute Gasteiger partial charge is 0.353 e. The van der Waals surface area contributed by atoms with Crippen molar-refractivity contribution >= 4 is 29.5 Å². The minimum atomic E-state index is -1.13. The van der Waals surface area contributed by atoms with Crippen LogP contribution in [0.2, 0.25) is 0 Å². The molecule has 31 heavy (non-hydrogen) atoms. The maximum absolute atomic E-state index is 12.9. The van der Waals surface area contributed by atoms with Gasteiger partial charge in [-0.2, -0.15) is 0 Å². The van der Waals surface area contributed by atoms with Crippen molar-refractivity contribution < 1.29 is 24.6 Å². The molecule has 3 aliphatic heterocycles. The van der Waals surface area contributed by atoms with Gasteiger partial charge in [-0.3, -0.25) is 9.59 Å². The van der Waals surface area contributed by atoms with Gasteiger partial charge in [0.2, 0.25) is 11.8 Å². The Morgan fingerprint density at radius 2 is 1.94 bits per heavy atom. The second-order valence-electron chi connectivity index (χ2n) is 8.56. The van der Waals surface area contributed by atoms with E-state index in [0.717, 1.165) is 0 Å². The lowest BCUT2D eigenvalue weighted by atomic mass is 9.76. The Balaban J connectivity index is 1.54. The van der Waals surface area contributed by atoms with E-state index in [-0.39, 0.29) is 40.8 Å². The van der Waals surface area contributed by atoms with Crippen molar-refractivity contribution in [3.05, 3.63) is 46.5 Å². The Bertz CT molecular complexity index is 934. The minimum absolute atomic E-state index is 0.0000488. The quantitative estimate of drug-likeness (QED) is 0.561. The number of hydrogen-bond donors (Lipinski definition) is 3. The monoisotopic (exact) mass is 445 g/mol. The van der Waals surface area contributed by atoms with Gasteiger partial charge >= 0.3 is 5.97 Å². The van der Waals surface area contributed by atoms with Crippen LogP contribution in [0, 0.1) is 11.8 Å². The second-order valence-corrected chi connectivity index (χ2v) is 9.90. The molecule has 3 N–H and O–H groups in total. The lowest BCUT2D eigenvalue weighted by molar-refractivity contribution is -0.164. The van der Waals surface area contributed by atoms with E-state index in [1.54, 1.807) is 43.3 Å². The summed E-state index contributed by atoms with van der Waals surface area (Å²) in [4.78, 5) is 40.8. The van der Waals surface area contributed by atoms with E-state index < -0.39 is 18.0 Å². The van der Waals surface area contributed by atoms with Gasteiger partial charge in [0.15, 0.2) is 0 Å². The minimum Gasteiger partial charge on any atom is -0.477 e. The average molecular weight is 446 g/mol. The van der Waals surface area contributed by atoms with Gasteiger partial charge in [-0.15, -0.1) is 11.8 Å². The summed E-state index contributed by atoms with van der Waals surface area (Å²) < 4.78 is 0. The van der Waals surface area contributed by atoms with Crippen LogP contribution in [-0.2, 0) is 14.4 Å². The van der Waals surface area contributed by atoms with Gasteiger partial charge < -0.3 is 25.3 Å². The number of carboxylic acids is 1. The summed E-state index contributed by atoms with van der Waals surface area (Å²) in [7, 11) is 3.42. The summed E-state index contributed by atoms with van der Waals surface area (Å²) in [5.41, 5.74) is 0.669. The molecule has 3 aliphatic rings. The predicted molar refractivity (Wildman–Crippen MR) is 116 cm³/mol. The van der Waals surface area contributed by atoms with Crippen LogP contribution in [0.25, 0.3) is 0 Å². The molecule has 4 rings (SSSR count). The first-order valence-corrected chi connectivity index (χ1v) is 11.2. The lowest BCUT2D eigenvalue weighted by Gasteiger charge is -2.47. The van der Waals surface area contributed by atoms with Gasteiger partial charge in [-0.05, 0) is 12.0 Å². The highest BCUT2D eigenvalue weighted by molar-refractivity contribution is 8.03. The third-order valence-electron chi connectivity index (χ3n) is 6.40. The van der Waals surface area contributed by atoms with Crippen molar-refractivity contribution in [1.29, 1.82) is 0 Å². The van der Waals surface area contributed by atoms with Crippen LogP contribution in [0.4, 0.5) is 0 Å². The molecule has 1 aromatic rings. The fraction of sp³-hybridized carbons (Fsp3) is 0.500. The van der Waals surface area contributed by atoms with Crippen LogP contribution in [0.1, 0.15) is 25.0 Å². The molecule has 8 nitrogen and oxygen atoms in total. The summed E-state index contributed by atoms with van der Waals surface area (Å²) in [5, 5.41) is 24.0. The third kappa shape index (κ3) is 3.64. The number of carbonyl (C=O) groups excluding carboxylic acids is 2. The molecule has 0 radical (unpaired) electrons. The molecule has 0 bridgehead atoms. The molecule has 2 fully saturated rings. The molecule has 0 saturated carbocycles. The van der Waals surface area contributed by atoms with Crippen LogP contribution in [-0.4, -0.2) is 75.8 Å². The highest BCUT2D eigenvalue weighted by Crippen LogP contribution is 2.53. The van der Waals surface area contributed by atoms with Crippen LogP contribution in [0.5, 0.6) is 0 Å². The second kappa shape index (κ2) is 8.29. The molecule has 0 aliphatic carbocycles. The third-order valence-corrected chi connectivity index (χ3v) is 7.91. The van der Waals surface area contributed by atoms with Crippen LogP contribution >= 0.6 is 11.8 Å². The number of likely N-dealkylation sites (N-methyl/N-ethyl adjacent to an activating group) is 1. The summed E-state index contributed by atoms with van der Waals surface area (Å²) in [6.45, 7) is 2.50. The number of rotatable bonds is 6. The molecular weight excluding hydrogens is 418 g/mol. The molecule has 6 atom stereocenters. The largest absolute Gasteiger partial charge is 0.477 e. The maximum Gasteiger partial charge on any atom is 0.353 e. The van der Waals surface area contributed by atoms with Gasteiger partial charge in [-0.25, -0.2) is 4.79 Å². The SMILES string of the molecule is C[C@H]1C(S[C@@H]2CN[C@H](C(=O)N(C)C)C2)=C(C(=O)O)N2C(=O)[C@H](C(O)c3ccccc3)[C@@H]12. The molecule has 2 saturated heterocycles. The van der Waals surface area contributed by atoms with E-state index in [1.165, 1.54) is 16.7 Å². The number of thioether (sulfide) groups is 1. The topological polar surface area (TPSA) is 110 Å². The van der Waals surface area contributed by atoms with Gasteiger partial charge in [0.1, 0.15) is 5.70 Å². The fourth-order valence-electron chi connectivity index (χ4n) is 4.84. The zero-order valence-electron chi connectivity index (χ0n) is 17.7. The number of aliphatic hydroxyl groups excluding tert-OH is 1. The number of nitrogens with one attached hydrogen (secondary N) is 1. The first kappa shape index (κ1) is 21.9. The maximum atomic E-state index is 12.9. The lowest BCUT2D eigenvalue weighted by Crippen LogP contribution is -2.62. The standard InChI is InChI=1S/C22H27N3O5S/c1-11-16-15(18(26)12-7-5-4-6-8-12)21(28)25(16)17(22(29)30)19(11)31-13-9-14(23-10-13)20(27)24(2)3/h4-8,11,13-16,18,23,26H,9-10H2,1-3H3,(H,29,30)/t11-,13+,14+,15+,16-,18?/m1/s1. The van der Waals surface area contributed by atoms with E-state index in [1.807, 2.05) is 13.0 Å². The Labute approximate surface area is 185 Å². The number of carbonyl (C=O) groups is 3. The zero-order valence-corrected chi connectivity index (χ0v) is 18.5. The normalized spacial score (nSPS) is 30.8. The van der Waals surface area contributed by atoms with Crippen LogP contribution in [0.3, 0.4) is 0 Å². The number of β-lactam (4-membered cyclic amide) rings is 1. The molecule has 0 spiro atoms. The van der Waals surface area contributed by atoms with Crippen molar-refractivity contribution in [2.45, 2.75) is 36.8 Å². The molecular formula is C22H27N3O5S. The van der Waals surface area contributed by atoms with E-state index in [0.29, 0.717) is 23.4 Å². The molecule has 9 heteroatoms. The summed E-state index contributed by atoms with van der Waals surface area (Å²) in [6, 6.07) is 8.32. The van der Waals surface area contributed by atoms with Gasteiger partial charge in [0, 0.05) is 36.7 Å². The van der Waals surface area contributed by atoms with Gasteiger partial charge in [0.25, 0.3) is 0 Å². The molecule has 0 aromatic heterocycles. The predicted octanol–water partition coefficient (Wildman–Crippen LogP) is 1.04. The summed E-state index contributed by atoms with van der Waals surface area (Å²) in [6.07, 6.45) is -0.383. The van der Waals surface area contributed by atoms with Gasteiger partial charge in [0.05, 0.1) is 24.1 Å². The average Bonchev–Trinajstić information content (AvgIpc) is 3.30. The zero-order chi connectivity index (χ0) is 22.4. The number of aliphatic carboxylic acids is 1. The number of amides is 2. The highest BCUT2D eigenvalue weighted by Gasteiger charge is 2.61. The fourth-order valence-corrected chi connectivity index (χ4v) is 6.32. The molecule has 3 heterocycles. The van der Waals surface area contributed by atoms with E-state index in [2.05, 4.69) is 5.32 Å². The van der Waals surface area contributed by atoms with Crippen molar-refractivity contribution in [3.8, 4) is 0 Å². The van der Waals surface area contributed by atoms with E-state index in [9.17, 15) is 24.6 Å². The Morgan fingerprint density at radius 3 is 2.55 bits per heavy atom. The Kier molecular flexibility index (Phi) is 5.85. The molecule has 166 valence electrons. The molecule has 1 aromatic carbocycles. The summed E-state index contributed by atoms with van der Waals surface area (Å²) in [5.74, 6) is -2.37. The first-order valence-electron chi connectivity index (χ1n) is 10.4. The number of fused-ring (bicyclic) bond motifs is 1. The molecule has 1 unspecified atom stereocenters. The van der Waals surface area contributed by atoms with Crippen LogP contribution in [0.15, 0.2) is 40.9 Å². The first-order chi connectivity index (χ1) is 14.7. The van der Waals surface area contributed by atoms with Crippen LogP contribution < -0.4 is 5.32 Å². The van der Waals surface area contributed by atoms with E-state index in [4.69, 9.17) is 0 Å². The summed E-state index contributed by atoms with van der Waals surface area (Å²) >= 11 is 1.44. The van der Waals surface area contributed by atoms with Gasteiger partial charge in [-0.1, -0.05) is 37.3 Å². The van der Waals surface area contributed by atoms with Crippen molar-refractivity contribution in [2.24, 2.45) is 11.8 Å². The van der Waals surface area contributed by atoms with Crippen molar-refractivity contribution in [1.82, 2.24) is 15.1 Å². The number of benzene rings is 1. The number of nitrogens with zero attached hydrogens (tertiary/aromatic N) is 2. The highest BCUT2D eigenvalue weighted by atomic mass is 32.2. The Hall–Kier alpha value is -2.36. The number of aliphatic hydroxyl groups is 1. The van der Waals surface area contributed by atoms with Crippen molar-refractivity contribution in [2.75, 3.05) is 20.6 Å².